The van der Waals surface area contributed by atoms with Crippen molar-refractivity contribution in [3.63, 3.8) is 0 Å². The summed E-state index contributed by atoms with van der Waals surface area (Å²) >= 11 is 0. The van der Waals surface area contributed by atoms with Gasteiger partial charge in [-0.15, -0.1) is 0 Å². The first kappa shape index (κ1) is 25.7. The van der Waals surface area contributed by atoms with Gasteiger partial charge in [0.15, 0.2) is 0 Å². The van der Waals surface area contributed by atoms with Crippen molar-refractivity contribution in [3.05, 3.63) is 116 Å². The molecule has 36 heavy (non-hydrogen) atoms. The maximum absolute atomic E-state index is 4.98. The Kier molecular flexibility index (Phi) is 8.25. The van der Waals surface area contributed by atoms with Crippen LogP contribution in [0.15, 0.2) is 48.5 Å². The maximum Gasteiger partial charge on any atom is 0.0413 e. The van der Waals surface area contributed by atoms with E-state index >= 15 is 0 Å². The predicted molar refractivity (Wildman–Crippen MR) is 148 cm³/mol. The van der Waals surface area contributed by atoms with Gasteiger partial charge >= 0.3 is 0 Å². The van der Waals surface area contributed by atoms with Crippen LogP contribution in [0.4, 0.5) is 0 Å². The molecule has 4 aromatic rings. The minimum atomic E-state index is 0.894. The van der Waals surface area contributed by atoms with Crippen molar-refractivity contribution in [1.29, 1.82) is 0 Å². The molecule has 4 heterocycles. The fourth-order valence-corrected chi connectivity index (χ4v) is 5.02. The van der Waals surface area contributed by atoms with Gasteiger partial charge in [-0.1, -0.05) is 0 Å². The minimum absolute atomic E-state index is 0.894. The van der Waals surface area contributed by atoms with Crippen LogP contribution in [-0.4, -0.2) is 19.9 Å². The number of hydrogen-bond acceptors (Lipinski definition) is 4. The molecule has 0 amide bonds. The number of aryl methyl sites for hydroxylation is 12. The third-order valence-corrected chi connectivity index (χ3v) is 6.37. The van der Waals surface area contributed by atoms with Gasteiger partial charge in [-0.05, 0) is 151 Å². The van der Waals surface area contributed by atoms with Gasteiger partial charge in [0.05, 0.1) is 0 Å². The molecule has 0 radical (unpaired) electrons. The average Bonchev–Trinajstić information content (AvgIpc) is 2.78. The molecule has 186 valence electrons. The number of nitrogens with zero attached hydrogens (tertiary/aromatic N) is 4. The zero-order chi connectivity index (χ0) is 25.7. The molecule has 0 atom stereocenters. The molecule has 4 rings (SSSR count). The van der Waals surface area contributed by atoms with Gasteiger partial charge in [-0.25, -0.2) is 0 Å². The molecule has 0 aliphatic heterocycles. The van der Waals surface area contributed by atoms with Crippen LogP contribution in [0.25, 0.3) is 0 Å². The Bertz CT molecular complexity index is 1210. The summed E-state index contributed by atoms with van der Waals surface area (Å²) in [7, 11) is 0. The van der Waals surface area contributed by atoms with Crippen molar-refractivity contribution in [2.45, 2.75) is 80.1 Å². The SMILES string of the molecule is Cc1cc(C)nc(CCc2cc(C)cc(CCc3cc(C)cc(CCc4cc(C)cc(C)n4)n3)n2)c1. The lowest BCUT2D eigenvalue weighted by Gasteiger charge is -2.10. The van der Waals surface area contributed by atoms with E-state index in [9.17, 15) is 0 Å². The summed E-state index contributed by atoms with van der Waals surface area (Å²) in [4.78, 5) is 19.3. The van der Waals surface area contributed by atoms with Crippen LogP contribution in [0.5, 0.6) is 0 Å². The van der Waals surface area contributed by atoms with Gasteiger partial charge in [-0.3, -0.25) is 19.9 Å². The summed E-state index contributed by atoms with van der Waals surface area (Å²) in [5.74, 6) is 0. The van der Waals surface area contributed by atoms with Crippen LogP contribution >= 0.6 is 0 Å². The van der Waals surface area contributed by atoms with Crippen molar-refractivity contribution in [3.8, 4) is 0 Å². The largest absolute Gasteiger partial charge is 0.258 e. The quantitative estimate of drug-likeness (QED) is 0.276. The first-order chi connectivity index (χ1) is 17.2. The fraction of sp³-hybridized carbons (Fsp3) is 0.375. The molecule has 4 heteroatoms. The summed E-state index contributed by atoms with van der Waals surface area (Å²) < 4.78 is 0. The highest BCUT2D eigenvalue weighted by Gasteiger charge is 2.07. The lowest BCUT2D eigenvalue weighted by atomic mass is 10.0. The van der Waals surface area contributed by atoms with Crippen molar-refractivity contribution in [2.75, 3.05) is 0 Å². The minimum Gasteiger partial charge on any atom is -0.258 e. The summed E-state index contributed by atoms with van der Waals surface area (Å²) in [6.07, 6.45) is 5.43. The molecule has 0 aromatic carbocycles. The molecule has 0 unspecified atom stereocenters. The van der Waals surface area contributed by atoms with Crippen molar-refractivity contribution in [2.24, 2.45) is 0 Å². The Morgan fingerprint density at radius 1 is 0.333 bits per heavy atom. The highest BCUT2D eigenvalue weighted by molar-refractivity contribution is 5.26. The van der Waals surface area contributed by atoms with Crippen LogP contribution in [0.2, 0.25) is 0 Å². The van der Waals surface area contributed by atoms with Crippen LogP contribution < -0.4 is 0 Å². The molecule has 0 saturated carbocycles. The molecular formula is C32H38N4. The molecule has 0 fully saturated rings. The van der Waals surface area contributed by atoms with Crippen LogP contribution in [0.1, 0.15) is 67.8 Å². The molecule has 0 aliphatic rings. The van der Waals surface area contributed by atoms with Crippen LogP contribution in [0.3, 0.4) is 0 Å². The Balaban J connectivity index is 1.39. The van der Waals surface area contributed by atoms with Crippen molar-refractivity contribution in [1.82, 2.24) is 19.9 Å². The molecular weight excluding hydrogens is 440 g/mol. The van der Waals surface area contributed by atoms with E-state index < -0.39 is 0 Å². The third-order valence-electron chi connectivity index (χ3n) is 6.37. The van der Waals surface area contributed by atoms with Crippen molar-refractivity contribution >= 4 is 0 Å². The molecule has 0 spiro atoms. The average molecular weight is 479 g/mol. The molecule has 0 aliphatic carbocycles. The third kappa shape index (κ3) is 7.55. The Morgan fingerprint density at radius 3 is 0.806 bits per heavy atom. The zero-order valence-corrected chi connectivity index (χ0v) is 22.7. The molecule has 4 nitrogen and oxygen atoms in total. The summed E-state index contributed by atoms with van der Waals surface area (Å²) in [5.41, 5.74) is 14.1. The molecule has 0 bridgehead atoms. The van der Waals surface area contributed by atoms with E-state index in [1.807, 2.05) is 0 Å². The monoisotopic (exact) mass is 478 g/mol. The first-order valence-corrected chi connectivity index (χ1v) is 13.0. The fourth-order valence-electron chi connectivity index (χ4n) is 5.02. The maximum atomic E-state index is 4.98. The van der Waals surface area contributed by atoms with Gasteiger partial charge in [0.25, 0.3) is 0 Å². The molecule has 0 N–H and O–H groups in total. The second-order valence-corrected chi connectivity index (χ2v) is 10.3. The Labute approximate surface area is 216 Å². The predicted octanol–water partition coefficient (Wildman–Crippen LogP) is 6.47. The highest BCUT2D eigenvalue weighted by Crippen LogP contribution is 2.15. The lowest BCUT2D eigenvalue weighted by Crippen LogP contribution is -2.05. The second-order valence-electron chi connectivity index (χ2n) is 10.3. The van der Waals surface area contributed by atoms with E-state index in [0.717, 1.165) is 84.1 Å². The van der Waals surface area contributed by atoms with Gasteiger partial charge in [-0.2, -0.15) is 0 Å². The smallest absolute Gasteiger partial charge is 0.0413 e. The van der Waals surface area contributed by atoms with E-state index in [-0.39, 0.29) is 0 Å². The molecule has 4 aromatic heterocycles. The van der Waals surface area contributed by atoms with E-state index in [2.05, 4.69) is 100 Å². The standard InChI is InChI=1S/C32H38N4/c1-21-13-25(5)33-27(15-21)7-9-29-17-23(3)19-31(35-29)11-12-32-20-24(4)18-30(36-32)10-8-28-16-22(2)14-26(6)34-28/h13-20H,7-12H2,1-6H3. The van der Waals surface area contributed by atoms with Gasteiger partial charge in [0, 0.05) is 45.6 Å². The Morgan fingerprint density at radius 2 is 0.556 bits per heavy atom. The molecule has 0 saturated heterocycles. The van der Waals surface area contributed by atoms with E-state index in [4.69, 9.17) is 9.97 Å². The first-order valence-electron chi connectivity index (χ1n) is 13.0. The van der Waals surface area contributed by atoms with Gasteiger partial charge in [0.1, 0.15) is 0 Å². The summed E-state index contributed by atoms with van der Waals surface area (Å²) in [5, 5.41) is 0. The normalized spacial score (nSPS) is 11.2. The lowest BCUT2D eigenvalue weighted by molar-refractivity contribution is 0.809. The zero-order valence-electron chi connectivity index (χ0n) is 22.7. The highest BCUT2D eigenvalue weighted by atomic mass is 14.7. The van der Waals surface area contributed by atoms with E-state index in [0.29, 0.717) is 0 Å². The topological polar surface area (TPSA) is 51.6 Å². The van der Waals surface area contributed by atoms with E-state index in [1.165, 1.54) is 22.3 Å². The van der Waals surface area contributed by atoms with Crippen LogP contribution in [-0.2, 0) is 38.5 Å². The van der Waals surface area contributed by atoms with Crippen LogP contribution in [0, 0.1) is 41.5 Å². The summed E-state index contributed by atoms with van der Waals surface area (Å²) in [6, 6.07) is 17.4. The number of hydrogen-bond donors (Lipinski definition) is 0. The number of aromatic nitrogens is 4. The summed E-state index contributed by atoms with van der Waals surface area (Å²) in [6.45, 7) is 12.7. The van der Waals surface area contributed by atoms with Gasteiger partial charge < -0.3 is 0 Å². The van der Waals surface area contributed by atoms with Crippen molar-refractivity contribution < 1.29 is 0 Å². The number of pyridine rings is 4. The Hall–Kier alpha value is -3.40. The second kappa shape index (κ2) is 11.6. The number of rotatable bonds is 9. The van der Waals surface area contributed by atoms with Gasteiger partial charge in [0.2, 0.25) is 0 Å². The van der Waals surface area contributed by atoms with E-state index in [1.54, 1.807) is 0 Å².